The minimum absolute atomic E-state index is 0.0163. The van der Waals surface area contributed by atoms with E-state index in [-0.39, 0.29) is 18.0 Å². The molecule has 3 unspecified atom stereocenters. The first-order valence-electron chi connectivity index (χ1n) is 7.54. The fourth-order valence-electron chi connectivity index (χ4n) is 3.87. The summed E-state index contributed by atoms with van der Waals surface area (Å²) in [7, 11) is 1.86. The number of hydrogen-bond donors (Lipinski definition) is 2. The third kappa shape index (κ3) is 2.21. The Morgan fingerprint density at radius 1 is 1.30 bits per heavy atom. The minimum Gasteiger partial charge on any atom is -0.393 e. The number of rotatable bonds is 3. The normalized spacial score (nSPS) is 30.6. The predicted molar refractivity (Wildman–Crippen MR) is 78.4 cm³/mol. The number of aliphatic hydroxyl groups excluding tert-OH is 1. The van der Waals surface area contributed by atoms with E-state index in [0.29, 0.717) is 12.1 Å². The minimum atomic E-state index is -0.192. The van der Waals surface area contributed by atoms with Gasteiger partial charge in [0.25, 0.3) is 0 Å². The first-order chi connectivity index (χ1) is 9.61. The Morgan fingerprint density at radius 3 is 2.55 bits per heavy atom. The molecule has 2 aliphatic rings. The van der Waals surface area contributed by atoms with Crippen molar-refractivity contribution in [2.45, 2.75) is 56.8 Å². The number of halogens is 1. The lowest BCUT2D eigenvalue weighted by molar-refractivity contribution is 0.126. The largest absolute Gasteiger partial charge is 0.393 e. The van der Waals surface area contributed by atoms with Crippen LogP contribution < -0.4 is 10.2 Å². The van der Waals surface area contributed by atoms with Gasteiger partial charge in [0.1, 0.15) is 5.82 Å². The fourth-order valence-corrected chi connectivity index (χ4v) is 3.87. The molecule has 110 valence electrons. The number of anilines is 1. The Morgan fingerprint density at radius 2 is 1.95 bits per heavy atom. The van der Waals surface area contributed by atoms with Gasteiger partial charge >= 0.3 is 0 Å². The maximum atomic E-state index is 14.3. The van der Waals surface area contributed by atoms with Crippen molar-refractivity contribution in [2.24, 2.45) is 0 Å². The molecule has 0 aromatic heterocycles. The topological polar surface area (TPSA) is 35.5 Å². The Bertz CT molecular complexity index is 479. The molecule has 3 rings (SSSR count). The molecule has 2 N–H and O–H groups in total. The van der Waals surface area contributed by atoms with Gasteiger partial charge in [-0.3, -0.25) is 0 Å². The van der Waals surface area contributed by atoms with Crippen LogP contribution in [0.25, 0.3) is 0 Å². The Kier molecular flexibility index (Phi) is 3.69. The number of hydrogen-bond acceptors (Lipinski definition) is 3. The fraction of sp³-hybridized carbons (Fsp3) is 0.625. The zero-order valence-electron chi connectivity index (χ0n) is 12.1. The summed E-state index contributed by atoms with van der Waals surface area (Å²) in [6, 6.07) is 6.04. The van der Waals surface area contributed by atoms with E-state index >= 15 is 0 Å². The van der Waals surface area contributed by atoms with Crippen LogP contribution in [-0.2, 0) is 0 Å². The maximum Gasteiger partial charge on any atom is 0.130 e. The van der Waals surface area contributed by atoms with Crippen LogP contribution in [0.5, 0.6) is 0 Å². The summed E-state index contributed by atoms with van der Waals surface area (Å²) in [5.74, 6) is -0.144. The highest BCUT2D eigenvalue weighted by atomic mass is 19.1. The second-order valence-corrected chi connectivity index (χ2v) is 6.10. The Balaban J connectivity index is 2.01. The molecule has 3 nitrogen and oxygen atoms in total. The molecule has 0 amide bonds. The van der Waals surface area contributed by atoms with Gasteiger partial charge in [-0.05, 0) is 51.8 Å². The van der Waals surface area contributed by atoms with Gasteiger partial charge < -0.3 is 15.3 Å². The molecule has 2 fully saturated rings. The van der Waals surface area contributed by atoms with Crippen LogP contribution in [0.2, 0.25) is 0 Å². The van der Waals surface area contributed by atoms with E-state index in [1.165, 1.54) is 6.07 Å². The quantitative estimate of drug-likeness (QED) is 0.892. The summed E-state index contributed by atoms with van der Waals surface area (Å²) in [5, 5.41) is 13.1. The SMILES string of the molecule is CNC(C)c1c(F)cccc1N1C2CCC1CC(O)C2. The number of benzene rings is 1. The van der Waals surface area contributed by atoms with Crippen LogP contribution >= 0.6 is 0 Å². The molecule has 2 saturated heterocycles. The first kappa shape index (κ1) is 13.8. The molecule has 3 atom stereocenters. The summed E-state index contributed by atoms with van der Waals surface area (Å²) >= 11 is 0. The summed E-state index contributed by atoms with van der Waals surface area (Å²) in [6.07, 6.45) is 3.63. The average molecular weight is 278 g/mol. The average Bonchev–Trinajstić information content (AvgIpc) is 2.69. The van der Waals surface area contributed by atoms with Crippen molar-refractivity contribution >= 4 is 5.69 Å². The lowest BCUT2D eigenvalue weighted by atomic mass is 9.96. The Hall–Kier alpha value is -1.13. The summed E-state index contributed by atoms with van der Waals surface area (Å²) < 4.78 is 14.3. The van der Waals surface area contributed by atoms with E-state index in [9.17, 15) is 9.50 Å². The van der Waals surface area contributed by atoms with Crippen LogP contribution in [0.4, 0.5) is 10.1 Å². The van der Waals surface area contributed by atoms with E-state index < -0.39 is 0 Å². The van der Waals surface area contributed by atoms with E-state index in [1.807, 2.05) is 20.0 Å². The van der Waals surface area contributed by atoms with Crippen molar-refractivity contribution in [3.63, 3.8) is 0 Å². The molecule has 1 aromatic rings. The number of piperidine rings is 1. The van der Waals surface area contributed by atoms with Crippen LogP contribution in [0.15, 0.2) is 18.2 Å². The van der Waals surface area contributed by atoms with Crippen molar-refractivity contribution in [1.82, 2.24) is 5.32 Å². The van der Waals surface area contributed by atoms with Crippen LogP contribution in [0.1, 0.15) is 44.2 Å². The highest BCUT2D eigenvalue weighted by molar-refractivity contribution is 5.58. The predicted octanol–water partition coefficient (Wildman–Crippen LogP) is 2.60. The smallest absolute Gasteiger partial charge is 0.130 e. The summed E-state index contributed by atoms with van der Waals surface area (Å²) in [6.45, 7) is 1.99. The molecule has 2 heterocycles. The molecular weight excluding hydrogens is 255 g/mol. The first-order valence-corrected chi connectivity index (χ1v) is 7.54. The third-order valence-corrected chi connectivity index (χ3v) is 4.88. The van der Waals surface area contributed by atoms with Crippen molar-refractivity contribution in [3.8, 4) is 0 Å². The summed E-state index contributed by atoms with van der Waals surface area (Å²) in [5.41, 5.74) is 1.76. The number of nitrogens with zero attached hydrogens (tertiary/aromatic N) is 1. The van der Waals surface area contributed by atoms with Gasteiger partial charge in [0.05, 0.1) is 6.10 Å². The molecule has 2 aliphatic heterocycles. The van der Waals surface area contributed by atoms with Crippen molar-refractivity contribution in [3.05, 3.63) is 29.6 Å². The molecular formula is C16H23FN2O. The highest BCUT2D eigenvalue weighted by Crippen LogP contribution is 2.42. The van der Waals surface area contributed by atoms with Gasteiger partial charge in [0.2, 0.25) is 0 Å². The molecule has 0 radical (unpaired) electrons. The highest BCUT2D eigenvalue weighted by Gasteiger charge is 2.41. The second-order valence-electron chi connectivity index (χ2n) is 6.10. The maximum absolute atomic E-state index is 14.3. The van der Waals surface area contributed by atoms with Crippen LogP contribution in [-0.4, -0.2) is 30.3 Å². The zero-order valence-corrected chi connectivity index (χ0v) is 12.1. The Labute approximate surface area is 119 Å². The molecule has 0 spiro atoms. The van der Waals surface area contributed by atoms with Crippen molar-refractivity contribution in [2.75, 3.05) is 11.9 Å². The standard InChI is InChI=1S/C16H23FN2O/c1-10(18-2)16-14(17)4-3-5-15(16)19-11-6-7-12(19)9-13(20)8-11/h3-5,10-13,18,20H,6-9H2,1-2H3. The van der Waals surface area contributed by atoms with Crippen LogP contribution in [0.3, 0.4) is 0 Å². The number of nitrogens with one attached hydrogen (secondary N) is 1. The molecule has 4 heteroatoms. The zero-order chi connectivity index (χ0) is 14.3. The molecule has 20 heavy (non-hydrogen) atoms. The van der Waals surface area contributed by atoms with E-state index in [2.05, 4.69) is 10.2 Å². The van der Waals surface area contributed by atoms with Gasteiger partial charge in [0, 0.05) is 29.4 Å². The van der Waals surface area contributed by atoms with Gasteiger partial charge in [-0.2, -0.15) is 0 Å². The van der Waals surface area contributed by atoms with Gasteiger partial charge in [-0.25, -0.2) is 4.39 Å². The van der Waals surface area contributed by atoms with Crippen molar-refractivity contribution in [1.29, 1.82) is 0 Å². The van der Waals surface area contributed by atoms with E-state index in [0.717, 1.165) is 36.9 Å². The summed E-state index contributed by atoms with van der Waals surface area (Å²) in [4.78, 5) is 2.36. The van der Waals surface area contributed by atoms with Gasteiger partial charge in [-0.15, -0.1) is 0 Å². The van der Waals surface area contributed by atoms with Crippen LogP contribution in [0, 0.1) is 5.82 Å². The van der Waals surface area contributed by atoms with Crippen molar-refractivity contribution < 1.29 is 9.50 Å². The number of fused-ring (bicyclic) bond motifs is 2. The van der Waals surface area contributed by atoms with E-state index in [4.69, 9.17) is 0 Å². The lowest BCUT2D eigenvalue weighted by Crippen LogP contribution is -2.45. The monoisotopic (exact) mass is 278 g/mol. The second kappa shape index (κ2) is 5.34. The molecule has 1 aromatic carbocycles. The molecule has 2 bridgehead atoms. The van der Waals surface area contributed by atoms with E-state index in [1.54, 1.807) is 6.07 Å². The van der Waals surface area contributed by atoms with Gasteiger partial charge in [0.15, 0.2) is 0 Å². The molecule has 0 aliphatic carbocycles. The number of aliphatic hydroxyl groups is 1. The van der Waals surface area contributed by atoms with Gasteiger partial charge in [-0.1, -0.05) is 6.07 Å². The lowest BCUT2D eigenvalue weighted by Gasteiger charge is -2.40. The molecule has 0 saturated carbocycles. The third-order valence-electron chi connectivity index (χ3n) is 4.88.